The Bertz CT molecular complexity index is 819. The van der Waals surface area contributed by atoms with Crippen molar-refractivity contribution in [3.05, 3.63) is 65.7 Å². The second kappa shape index (κ2) is 11.0. The van der Waals surface area contributed by atoms with Gasteiger partial charge >= 0.3 is 5.97 Å². The molecule has 0 heterocycles. The minimum absolute atomic E-state index is 0.0551. The van der Waals surface area contributed by atoms with Crippen molar-refractivity contribution < 1.29 is 19.1 Å². The Morgan fingerprint density at radius 3 is 2.21 bits per heavy atom. The van der Waals surface area contributed by atoms with Crippen LogP contribution in [0.1, 0.15) is 56.7 Å². The smallest absolute Gasteiger partial charge is 0.308 e. The Morgan fingerprint density at radius 1 is 0.966 bits per heavy atom. The van der Waals surface area contributed by atoms with Gasteiger partial charge in [0.05, 0.1) is 12.5 Å². The molecule has 0 aromatic heterocycles. The van der Waals surface area contributed by atoms with Crippen molar-refractivity contribution in [2.24, 2.45) is 0 Å². The summed E-state index contributed by atoms with van der Waals surface area (Å²) in [4.78, 5) is 35.7. The molecule has 154 valence electrons. The Kier molecular flexibility index (Phi) is 8.40. The molecular weight excluding hydrogens is 368 g/mol. The van der Waals surface area contributed by atoms with E-state index in [4.69, 9.17) is 4.74 Å². The van der Waals surface area contributed by atoms with Crippen molar-refractivity contribution in [2.45, 2.75) is 45.6 Å². The third-order valence-corrected chi connectivity index (χ3v) is 4.69. The first-order valence-corrected chi connectivity index (χ1v) is 9.76. The molecule has 0 saturated heterocycles. The summed E-state index contributed by atoms with van der Waals surface area (Å²) in [5, 5.41) is 5.45. The van der Waals surface area contributed by atoms with E-state index in [1.54, 1.807) is 0 Å². The predicted octanol–water partition coefficient (Wildman–Crippen LogP) is 3.95. The van der Waals surface area contributed by atoms with E-state index in [1.165, 1.54) is 12.5 Å². The average molecular weight is 396 g/mol. The molecule has 2 aromatic rings. The topological polar surface area (TPSA) is 84.5 Å². The molecule has 0 aliphatic heterocycles. The maximum Gasteiger partial charge on any atom is 0.308 e. The largest absolute Gasteiger partial charge is 0.455 e. The zero-order chi connectivity index (χ0) is 21.2. The fourth-order valence-electron chi connectivity index (χ4n) is 2.88. The molecule has 0 spiro atoms. The molecule has 2 atom stereocenters. The van der Waals surface area contributed by atoms with Gasteiger partial charge in [0.2, 0.25) is 5.91 Å². The van der Waals surface area contributed by atoms with Crippen LogP contribution in [0.3, 0.4) is 0 Å². The Labute approximate surface area is 171 Å². The highest BCUT2D eigenvalue weighted by atomic mass is 16.5. The van der Waals surface area contributed by atoms with Gasteiger partial charge in [-0.1, -0.05) is 56.3 Å². The highest BCUT2D eigenvalue weighted by molar-refractivity contribution is 5.92. The summed E-state index contributed by atoms with van der Waals surface area (Å²) < 4.78 is 5.09. The number of rotatable bonds is 9. The van der Waals surface area contributed by atoms with Gasteiger partial charge in [0.25, 0.3) is 5.91 Å². The Morgan fingerprint density at radius 2 is 1.62 bits per heavy atom. The lowest BCUT2D eigenvalue weighted by molar-refractivity contribution is -0.148. The van der Waals surface area contributed by atoms with Gasteiger partial charge in [-0.3, -0.25) is 14.4 Å². The number of hydrogen-bond donors (Lipinski definition) is 2. The van der Waals surface area contributed by atoms with E-state index in [1.807, 2.05) is 54.6 Å². The molecule has 0 saturated carbocycles. The van der Waals surface area contributed by atoms with E-state index in [2.05, 4.69) is 24.5 Å². The van der Waals surface area contributed by atoms with Crippen molar-refractivity contribution in [1.29, 1.82) is 0 Å². The zero-order valence-electron chi connectivity index (χ0n) is 17.1. The number of benzene rings is 2. The molecular formula is C23H28N2O4. The van der Waals surface area contributed by atoms with Crippen molar-refractivity contribution in [1.82, 2.24) is 5.32 Å². The number of carbonyl (C=O) groups is 3. The number of esters is 1. The van der Waals surface area contributed by atoms with Crippen LogP contribution in [0.25, 0.3) is 0 Å². The average Bonchev–Trinajstić information content (AvgIpc) is 2.72. The van der Waals surface area contributed by atoms with Crippen LogP contribution in [-0.2, 0) is 19.1 Å². The fourth-order valence-corrected chi connectivity index (χ4v) is 2.88. The van der Waals surface area contributed by atoms with Gasteiger partial charge < -0.3 is 15.4 Å². The number of nitrogens with one attached hydrogen (secondary N) is 2. The summed E-state index contributed by atoms with van der Waals surface area (Å²) in [6, 6.07) is 16.3. The lowest BCUT2D eigenvalue weighted by Gasteiger charge is -2.17. The van der Waals surface area contributed by atoms with Crippen LogP contribution < -0.4 is 10.6 Å². The van der Waals surface area contributed by atoms with Crippen LogP contribution in [0.5, 0.6) is 0 Å². The fraction of sp³-hybridized carbons (Fsp3) is 0.348. The third-order valence-electron chi connectivity index (χ3n) is 4.69. The number of amides is 2. The first kappa shape index (κ1) is 22.1. The van der Waals surface area contributed by atoms with Gasteiger partial charge in [-0.05, 0) is 35.6 Å². The molecule has 2 N–H and O–H groups in total. The van der Waals surface area contributed by atoms with E-state index in [0.717, 1.165) is 12.0 Å². The van der Waals surface area contributed by atoms with Crippen LogP contribution in [-0.4, -0.2) is 24.4 Å². The monoisotopic (exact) mass is 396 g/mol. The van der Waals surface area contributed by atoms with Gasteiger partial charge in [0.1, 0.15) is 0 Å². The molecule has 0 radical (unpaired) electrons. The molecule has 0 aliphatic carbocycles. The minimum atomic E-state index is -0.560. The van der Waals surface area contributed by atoms with Crippen LogP contribution in [0.4, 0.5) is 5.69 Å². The van der Waals surface area contributed by atoms with E-state index >= 15 is 0 Å². The van der Waals surface area contributed by atoms with Crippen molar-refractivity contribution in [2.75, 3.05) is 11.9 Å². The number of ether oxygens (including phenoxy) is 1. The second-order valence-corrected chi connectivity index (χ2v) is 7.01. The van der Waals surface area contributed by atoms with Crippen LogP contribution >= 0.6 is 0 Å². The summed E-state index contributed by atoms with van der Waals surface area (Å²) in [6.07, 6.45) is 0.991. The first-order valence-electron chi connectivity index (χ1n) is 9.76. The van der Waals surface area contributed by atoms with Gasteiger partial charge in [-0.25, -0.2) is 0 Å². The van der Waals surface area contributed by atoms with E-state index < -0.39 is 17.9 Å². The molecule has 0 aliphatic rings. The molecule has 6 heteroatoms. The molecule has 0 unspecified atom stereocenters. The molecule has 2 aromatic carbocycles. The normalized spacial score (nSPS) is 12.5. The van der Waals surface area contributed by atoms with Crippen LogP contribution in [0.2, 0.25) is 0 Å². The maximum atomic E-state index is 12.2. The van der Waals surface area contributed by atoms with Crippen molar-refractivity contribution >= 4 is 23.5 Å². The zero-order valence-corrected chi connectivity index (χ0v) is 17.1. The van der Waals surface area contributed by atoms with Crippen LogP contribution in [0, 0.1) is 0 Å². The highest BCUT2D eigenvalue weighted by Crippen LogP contribution is 2.20. The lowest BCUT2D eigenvalue weighted by Crippen LogP contribution is -2.29. The molecule has 2 rings (SSSR count). The molecule has 6 nitrogen and oxygen atoms in total. The Hall–Kier alpha value is -3.15. The van der Waals surface area contributed by atoms with Crippen molar-refractivity contribution in [3.63, 3.8) is 0 Å². The first-order chi connectivity index (χ1) is 13.9. The maximum absolute atomic E-state index is 12.2. The van der Waals surface area contributed by atoms with Crippen LogP contribution in [0.15, 0.2) is 54.6 Å². The lowest BCUT2D eigenvalue weighted by atomic mass is 9.99. The van der Waals surface area contributed by atoms with Gasteiger partial charge in [-0.2, -0.15) is 0 Å². The standard InChI is InChI=1S/C23H28N2O4/c1-4-16(2)18-10-12-20(13-11-18)25-22(27)15-29-23(28)14-21(24-17(3)26)19-8-6-5-7-9-19/h5-13,16,21H,4,14-15H2,1-3H3,(H,24,26)(H,25,27)/t16-,21-/m0/s1. The minimum Gasteiger partial charge on any atom is -0.455 e. The quantitative estimate of drug-likeness (QED) is 0.629. The molecule has 29 heavy (non-hydrogen) atoms. The number of hydrogen-bond acceptors (Lipinski definition) is 4. The summed E-state index contributed by atoms with van der Waals surface area (Å²) in [7, 11) is 0. The highest BCUT2D eigenvalue weighted by Gasteiger charge is 2.18. The molecule has 0 bridgehead atoms. The predicted molar refractivity (Wildman–Crippen MR) is 112 cm³/mol. The van der Waals surface area contributed by atoms with E-state index in [-0.39, 0.29) is 18.9 Å². The summed E-state index contributed by atoms with van der Waals surface area (Å²) in [6.45, 7) is 5.29. The second-order valence-electron chi connectivity index (χ2n) is 7.01. The summed E-state index contributed by atoms with van der Waals surface area (Å²) >= 11 is 0. The Balaban J connectivity index is 1.85. The van der Waals surface area contributed by atoms with Gasteiger partial charge in [0.15, 0.2) is 6.61 Å². The molecule has 0 fully saturated rings. The van der Waals surface area contributed by atoms with Gasteiger partial charge in [0, 0.05) is 12.6 Å². The number of carbonyl (C=O) groups excluding carboxylic acids is 3. The molecule has 2 amide bonds. The third kappa shape index (κ3) is 7.41. The van der Waals surface area contributed by atoms with Crippen molar-refractivity contribution in [3.8, 4) is 0 Å². The van der Waals surface area contributed by atoms with E-state index in [9.17, 15) is 14.4 Å². The van der Waals surface area contributed by atoms with Gasteiger partial charge in [-0.15, -0.1) is 0 Å². The summed E-state index contributed by atoms with van der Waals surface area (Å²) in [5.74, 6) is -0.757. The SMILES string of the molecule is CC[C@H](C)c1ccc(NC(=O)COC(=O)C[C@H](NC(C)=O)c2ccccc2)cc1. The summed E-state index contributed by atoms with van der Waals surface area (Å²) in [5.41, 5.74) is 2.66. The van der Waals surface area contributed by atoms with E-state index in [0.29, 0.717) is 11.6 Å². The number of anilines is 1.